The number of aliphatic imine (C=N–C) groups is 1. The zero-order valence-corrected chi connectivity index (χ0v) is 18.9. The van der Waals surface area contributed by atoms with Crippen LogP contribution in [0.2, 0.25) is 0 Å². The van der Waals surface area contributed by atoms with Gasteiger partial charge in [-0.3, -0.25) is 4.99 Å². The second-order valence-corrected chi connectivity index (χ2v) is 6.12. The number of aryl methyl sites for hydroxylation is 2. The summed E-state index contributed by atoms with van der Waals surface area (Å²) in [5.41, 5.74) is 3.48. The maximum absolute atomic E-state index is 5.89. The first kappa shape index (κ1) is 23.3. The molecule has 7 heteroatoms. The van der Waals surface area contributed by atoms with Gasteiger partial charge in [0.05, 0.1) is 6.61 Å². The highest BCUT2D eigenvalue weighted by molar-refractivity contribution is 14.0. The van der Waals surface area contributed by atoms with Crippen molar-refractivity contribution in [3.8, 4) is 5.75 Å². The number of nitrogens with one attached hydrogen (secondary N) is 2. The summed E-state index contributed by atoms with van der Waals surface area (Å²) in [7, 11) is 3.79. The average molecular weight is 486 g/mol. The summed E-state index contributed by atoms with van der Waals surface area (Å²) in [5, 5.41) is 6.67. The lowest BCUT2D eigenvalue weighted by Crippen LogP contribution is -2.36. The summed E-state index contributed by atoms with van der Waals surface area (Å²) in [4.78, 5) is 4.29. The molecule has 0 atom stereocenters. The number of rotatable bonds is 9. The summed E-state index contributed by atoms with van der Waals surface area (Å²) < 4.78 is 13.3. The third-order valence-electron chi connectivity index (χ3n) is 3.94. The van der Waals surface area contributed by atoms with Crippen LogP contribution < -0.4 is 15.4 Å². The first-order valence-electron chi connectivity index (χ1n) is 8.97. The number of ether oxygens (including phenoxy) is 2. The van der Waals surface area contributed by atoms with E-state index in [2.05, 4.69) is 53.0 Å². The maximum Gasteiger partial charge on any atom is 0.191 e. The molecular formula is C20H31IN4O2. The Morgan fingerprint density at radius 1 is 1.15 bits per heavy atom. The summed E-state index contributed by atoms with van der Waals surface area (Å²) in [6.45, 7) is 7.26. The van der Waals surface area contributed by atoms with Crippen molar-refractivity contribution in [1.29, 1.82) is 0 Å². The fourth-order valence-corrected chi connectivity index (χ4v) is 2.55. The molecule has 150 valence electrons. The van der Waals surface area contributed by atoms with Gasteiger partial charge in [-0.25, -0.2) is 0 Å². The number of hydrogen-bond acceptors (Lipinski definition) is 3. The molecular weight excluding hydrogens is 455 g/mol. The van der Waals surface area contributed by atoms with Gasteiger partial charge in [0, 0.05) is 51.7 Å². The molecule has 2 N–H and O–H groups in total. The van der Waals surface area contributed by atoms with Gasteiger partial charge in [-0.05, 0) is 37.1 Å². The zero-order valence-electron chi connectivity index (χ0n) is 16.6. The van der Waals surface area contributed by atoms with E-state index < -0.39 is 0 Å². The van der Waals surface area contributed by atoms with Crippen LogP contribution in [0.5, 0.6) is 5.75 Å². The molecule has 0 unspecified atom stereocenters. The molecule has 2 rings (SSSR count). The highest BCUT2D eigenvalue weighted by Gasteiger charge is 2.06. The zero-order chi connectivity index (χ0) is 18.8. The van der Waals surface area contributed by atoms with Gasteiger partial charge >= 0.3 is 0 Å². The number of halogens is 1. The van der Waals surface area contributed by atoms with E-state index in [1.54, 1.807) is 7.05 Å². The number of guanidine groups is 1. The highest BCUT2D eigenvalue weighted by atomic mass is 127. The first-order chi connectivity index (χ1) is 12.6. The third kappa shape index (κ3) is 8.21. The Labute approximate surface area is 179 Å². The molecule has 2 aromatic rings. The topological polar surface area (TPSA) is 59.8 Å². The summed E-state index contributed by atoms with van der Waals surface area (Å²) in [5.74, 6) is 1.64. The van der Waals surface area contributed by atoms with Gasteiger partial charge in [-0.1, -0.05) is 12.1 Å². The molecule has 0 amide bonds. The fourth-order valence-electron chi connectivity index (χ4n) is 2.55. The largest absolute Gasteiger partial charge is 0.491 e. The molecule has 6 nitrogen and oxygen atoms in total. The number of benzene rings is 1. The van der Waals surface area contributed by atoms with E-state index in [1.807, 2.05) is 24.7 Å². The van der Waals surface area contributed by atoms with Crippen LogP contribution in [-0.2, 0) is 24.9 Å². The van der Waals surface area contributed by atoms with Crippen molar-refractivity contribution in [3.05, 3.63) is 53.3 Å². The Kier molecular flexibility index (Phi) is 10.9. The Bertz CT molecular complexity index is 716. The van der Waals surface area contributed by atoms with Gasteiger partial charge in [-0.15, -0.1) is 24.0 Å². The molecule has 1 aromatic heterocycles. The van der Waals surface area contributed by atoms with Crippen LogP contribution in [0.1, 0.15) is 23.6 Å². The van der Waals surface area contributed by atoms with Crippen LogP contribution in [-0.4, -0.2) is 37.4 Å². The summed E-state index contributed by atoms with van der Waals surface area (Å²) in [6.07, 6.45) is 4.12. The molecule has 0 saturated heterocycles. The van der Waals surface area contributed by atoms with E-state index in [9.17, 15) is 0 Å². The molecule has 0 aliphatic heterocycles. The van der Waals surface area contributed by atoms with E-state index in [1.165, 1.54) is 11.1 Å². The van der Waals surface area contributed by atoms with Crippen LogP contribution in [0.15, 0.2) is 41.7 Å². The van der Waals surface area contributed by atoms with Crippen molar-refractivity contribution in [2.24, 2.45) is 12.0 Å². The Morgan fingerprint density at radius 3 is 2.59 bits per heavy atom. The van der Waals surface area contributed by atoms with E-state index >= 15 is 0 Å². The predicted molar refractivity (Wildman–Crippen MR) is 121 cm³/mol. The van der Waals surface area contributed by atoms with E-state index in [-0.39, 0.29) is 24.0 Å². The monoisotopic (exact) mass is 486 g/mol. The molecule has 0 bridgehead atoms. The number of aromatic nitrogens is 1. The lowest BCUT2D eigenvalue weighted by Gasteiger charge is -2.15. The van der Waals surface area contributed by atoms with Crippen LogP contribution in [0, 0.1) is 6.92 Å². The van der Waals surface area contributed by atoms with Gasteiger partial charge in [0.1, 0.15) is 12.4 Å². The van der Waals surface area contributed by atoms with Gasteiger partial charge in [0.25, 0.3) is 0 Å². The minimum absolute atomic E-state index is 0. The maximum atomic E-state index is 5.89. The van der Waals surface area contributed by atoms with Gasteiger partial charge in [-0.2, -0.15) is 0 Å². The van der Waals surface area contributed by atoms with Gasteiger partial charge in [0.2, 0.25) is 0 Å². The standard InChI is InChI=1S/C20H30N4O2.HI/c1-5-25-10-11-26-19-12-16(2)6-7-18(19)14-23-20(21-3)22-13-17-8-9-24(4)15-17;/h6-9,12,15H,5,10-11,13-14H2,1-4H3,(H2,21,22,23);1H. The van der Waals surface area contributed by atoms with Crippen molar-refractivity contribution in [3.63, 3.8) is 0 Å². The van der Waals surface area contributed by atoms with Crippen molar-refractivity contribution in [1.82, 2.24) is 15.2 Å². The van der Waals surface area contributed by atoms with E-state index in [4.69, 9.17) is 9.47 Å². The van der Waals surface area contributed by atoms with Gasteiger partial charge in [0.15, 0.2) is 5.96 Å². The molecule has 27 heavy (non-hydrogen) atoms. The molecule has 1 aromatic carbocycles. The number of hydrogen-bond donors (Lipinski definition) is 2. The third-order valence-corrected chi connectivity index (χ3v) is 3.94. The van der Waals surface area contributed by atoms with Crippen LogP contribution in [0.3, 0.4) is 0 Å². The molecule has 0 aliphatic carbocycles. The predicted octanol–water partition coefficient (Wildman–Crippen LogP) is 3.23. The van der Waals surface area contributed by atoms with Crippen LogP contribution in [0.4, 0.5) is 0 Å². The molecule has 0 aliphatic rings. The van der Waals surface area contributed by atoms with Crippen molar-refractivity contribution in [2.75, 3.05) is 26.9 Å². The minimum atomic E-state index is 0. The van der Waals surface area contributed by atoms with E-state index in [0.29, 0.717) is 26.4 Å². The molecule has 0 spiro atoms. The quantitative estimate of drug-likeness (QED) is 0.247. The first-order valence-corrected chi connectivity index (χ1v) is 8.97. The second-order valence-electron chi connectivity index (χ2n) is 6.12. The SMILES string of the molecule is CCOCCOc1cc(C)ccc1CNC(=NC)NCc1ccn(C)c1.I. The van der Waals surface area contributed by atoms with Crippen LogP contribution in [0.25, 0.3) is 0 Å². The highest BCUT2D eigenvalue weighted by Crippen LogP contribution is 2.20. The van der Waals surface area contributed by atoms with Crippen molar-refractivity contribution in [2.45, 2.75) is 26.9 Å². The fraction of sp³-hybridized carbons (Fsp3) is 0.450. The Hall–Kier alpha value is -1.74. The lowest BCUT2D eigenvalue weighted by atomic mass is 10.1. The van der Waals surface area contributed by atoms with Gasteiger partial charge < -0.3 is 24.7 Å². The van der Waals surface area contributed by atoms with Crippen molar-refractivity contribution >= 4 is 29.9 Å². The molecule has 0 radical (unpaired) electrons. The lowest BCUT2D eigenvalue weighted by molar-refractivity contribution is 0.110. The Balaban J connectivity index is 0.00000364. The molecule has 0 saturated carbocycles. The molecule has 0 fully saturated rings. The molecule has 1 heterocycles. The Morgan fingerprint density at radius 2 is 1.93 bits per heavy atom. The summed E-state index contributed by atoms with van der Waals surface area (Å²) >= 11 is 0. The smallest absolute Gasteiger partial charge is 0.191 e. The normalized spacial score (nSPS) is 11.0. The van der Waals surface area contributed by atoms with E-state index in [0.717, 1.165) is 23.8 Å². The minimum Gasteiger partial charge on any atom is -0.491 e. The summed E-state index contributed by atoms with van der Waals surface area (Å²) in [6, 6.07) is 8.32. The average Bonchev–Trinajstić information content (AvgIpc) is 3.05. The van der Waals surface area contributed by atoms with Crippen molar-refractivity contribution < 1.29 is 9.47 Å². The van der Waals surface area contributed by atoms with Crippen LogP contribution >= 0.6 is 24.0 Å². The second kappa shape index (κ2) is 12.6. The number of nitrogens with zero attached hydrogens (tertiary/aromatic N) is 2.